The SMILES string of the molecule is C=C(/C(C)=C(\C)c1ccccc1)c1ccccc1C. The summed E-state index contributed by atoms with van der Waals surface area (Å²) in [5.41, 5.74) is 7.41. The smallest absolute Gasteiger partial charge is 0.0158 e. The van der Waals surface area contributed by atoms with Gasteiger partial charge in [-0.3, -0.25) is 0 Å². The van der Waals surface area contributed by atoms with Crippen molar-refractivity contribution in [2.45, 2.75) is 20.8 Å². The summed E-state index contributed by atoms with van der Waals surface area (Å²) >= 11 is 0. The van der Waals surface area contributed by atoms with E-state index in [0.29, 0.717) is 0 Å². The Morgan fingerprint density at radius 1 is 0.842 bits per heavy atom. The molecule has 0 spiro atoms. The van der Waals surface area contributed by atoms with Crippen LogP contribution in [0.15, 0.2) is 66.7 Å². The van der Waals surface area contributed by atoms with Gasteiger partial charge in [0.05, 0.1) is 0 Å². The average Bonchev–Trinajstić information content (AvgIpc) is 2.46. The first kappa shape index (κ1) is 13.4. The van der Waals surface area contributed by atoms with Crippen LogP contribution in [-0.2, 0) is 0 Å². The van der Waals surface area contributed by atoms with E-state index in [4.69, 9.17) is 0 Å². The van der Waals surface area contributed by atoms with Crippen molar-refractivity contribution in [2.24, 2.45) is 0 Å². The summed E-state index contributed by atoms with van der Waals surface area (Å²) in [6.07, 6.45) is 0. The van der Waals surface area contributed by atoms with E-state index in [1.54, 1.807) is 0 Å². The Bertz CT molecular complexity index is 615. The molecule has 0 unspecified atom stereocenters. The average molecular weight is 248 g/mol. The van der Waals surface area contributed by atoms with Gasteiger partial charge in [-0.1, -0.05) is 61.2 Å². The standard InChI is InChI=1S/C19H20/c1-14-10-8-9-13-19(14)17(4)15(2)16(3)18-11-6-5-7-12-18/h5-13H,4H2,1-3H3/b16-15+. The second kappa shape index (κ2) is 5.71. The van der Waals surface area contributed by atoms with Crippen LogP contribution in [0.25, 0.3) is 11.1 Å². The topological polar surface area (TPSA) is 0 Å². The molecule has 0 radical (unpaired) electrons. The monoisotopic (exact) mass is 248 g/mol. The van der Waals surface area contributed by atoms with E-state index in [2.05, 4.69) is 75.9 Å². The molecule has 0 N–H and O–H groups in total. The highest BCUT2D eigenvalue weighted by molar-refractivity contribution is 5.87. The predicted octanol–water partition coefficient (Wildman–Crippen LogP) is 5.50. The Hall–Kier alpha value is -2.08. The molecule has 19 heavy (non-hydrogen) atoms. The molecule has 0 heterocycles. The molecule has 0 aliphatic rings. The lowest BCUT2D eigenvalue weighted by Crippen LogP contribution is -1.92. The molecule has 2 rings (SSSR count). The molecule has 0 aliphatic carbocycles. The first-order valence-electron chi connectivity index (χ1n) is 6.59. The lowest BCUT2D eigenvalue weighted by Gasteiger charge is -2.13. The number of benzene rings is 2. The van der Waals surface area contributed by atoms with Crippen LogP contribution >= 0.6 is 0 Å². The van der Waals surface area contributed by atoms with Gasteiger partial charge in [0, 0.05) is 0 Å². The van der Waals surface area contributed by atoms with Crippen molar-refractivity contribution in [1.82, 2.24) is 0 Å². The van der Waals surface area contributed by atoms with Crippen molar-refractivity contribution in [3.63, 3.8) is 0 Å². The third kappa shape index (κ3) is 2.85. The summed E-state index contributed by atoms with van der Waals surface area (Å²) in [5, 5.41) is 0. The zero-order chi connectivity index (χ0) is 13.8. The van der Waals surface area contributed by atoms with Crippen molar-refractivity contribution in [3.8, 4) is 0 Å². The van der Waals surface area contributed by atoms with Gasteiger partial charge in [0.1, 0.15) is 0 Å². The van der Waals surface area contributed by atoms with Crippen molar-refractivity contribution in [1.29, 1.82) is 0 Å². The summed E-state index contributed by atoms with van der Waals surface area (Å²) in [6, 6.07) is 18.9. The van der Waals surface area contributed by atoms with E-state index in [1.165, 1.54) is 27.8 Å². The summed E-state index contributed by atoms with van der Waals surface area (Å²) in [7, 11) is 0. The molecule has 2 aromatic rings. The van der Waals surface area contributed by atoms with Gasteiger partial charge in [0.15, 0.2) is 0 Å². The van der Waals surface area contributed by atoms with E-state index >= 15 is 0 Å². The van der Waals surface area contributed by atoms with E-state index in [-0.39, 0.29) is 0 Å². The maximum atomic E-state index is 4.27. The number of rotatable bonds is 3. The molecular weight excluding hydrogens is 228 g/mol. The molecule has 0 aromatic heterocycles. The first-order valence-corrected chi connectivity index (χ1v) is 6.59. The third-order valence-electron chi connectivity index (χ3n) is 3.69. The van der Waals surface area contributed by atoms with Crippen LogP contribution < -0.4 is 0 Å². The van der Waals surface area contributed by atoms with Crippen LogP contribution in [-0.4, -0.2) is 0 Å². The summed E-state index contributed by atoms with van der Waals surface area (Å²) in [5.74, 6) is 0. The van der Waals surface area contributed by atoms with Crippen LogP contribution in [0.3, 0.4) is 0 Å². The van der Waals surface area contributed by atoms with Gasteiger partial charge < -0.3 is 0 Å². The second-order valence-corrected chi connectivity index (χ2v) is 4.91. The van der Waals surface area contributed by atoms with Gasteiger partial charge in [-0.05, 0) is 54.2 Å². The zero-order valence-electron chi connectivity index (χ0n) is 11.9. The molecule has 2 aromatic carbocycles. The maximum Gasteiger partial charge on any atom is -0.0158 e. The normalized spacial score (nSPS) is 11.9. The highest BCUT2D eigenvalue weighted by atomic mass is 14.1. The van der Waals surface area contributed by atoms with Crippen LogP contribution in [0, 0.1) is 6.92 Å². The van der Waals surface area contributed by atoms with Crippen LogP contribution in [0.4, 0.5) is 0 Å². The van der Waals surface area contributed by atoms with Crippen LogP contribution in [0.5, 0.6) is 0 Å². The largest absolute Gasteiger partial charge is 0.0909 e. The first-order chi connectivity index (χ1) is 9.11. The highest BCUT2D eigenvalue weighted by Crippen LogP contribution is 2.29. The fourth-order valence-corrected chi connectivity index (χ4v) is 2.24. The molecule has 0 fully saturated rings. The molecule has 0 aliphatic heterocycles. The molecule has 0 saturated carbocycles. The molecule has 96 valence electrons. The molecule has 0 amide bonds. The lowest BCUT2D eigenvalue weighted by molar-refractivity contribution is 1.39. The Morgan fingerprint density at radius 2 is 1.42 bits per heavy atom. The number of aryl methyl sites for hydroxylation is 1. The van der Waals surface area contributed by atoms with Crippen molar-refractivity contribution in [3.05, 3.63) is 83.4 Å². The van der Waals surface area contributed by atoms with Gasteiger partial charge >= 0.3 is 0 Å². The fraction of sp³-hybridized carbons (Fsp3) is 0.158. The van der Waals surface area contributed by atoms with Gasteiger partial charge in [0.2, 0.25) is 0 Å². The Kier molecular flexibility index (Phi) is 4.01. The number of hydrogen-bond donors (Lipinski definition) is 0. The summed E-state index contributed by atoms with van der Waals surface area (Å²) < 4.78 is 0. The Labute approximate surface area is 116 Å². The van der Waals surface area contributed by atoms with E-state index in [0.717, 1.165) is 5.57 Å². The molecule has 0 atom stereocenters. The van der Waals surface area contributed by atoms with E-state index < -0.39 is 0 Å². The summed E-state index contributed by atoms with van der Waals surface area (Å²) in [4.78, 5) is 0. The maximum absolute atomic E-state index is 4.27. The Balaban J connectivity index is 2.42. The fourth-order valence-electron chi connectivity index (χ4n) is 2.24. The highest BCUT2D eigenvalue weighted by Gasteiger charge is 2.07. The predicted molar refractivity (Wildman–Crippen MR) is 84.9 cm³/mol. The lowest BCUT2D eigenvalue weighted by atomic mass is 9.91. The third-order valence-corrected chi connectivity index (χ3v) is 3.69. The van der Waals surface area contributed by atoms with Crippen molar-refractivity contribution in [2.75, 3.05) is 0 Å². The number of allylic oxidation sites excluding steroid dienone is 3. The quantitative estimate of drug-likeness (QED) is 0.629. The minimum atomic E-state index is 1.11. The van der Waals surface area contributed by atoms with Crippen LogP contribution in [0.1, 0.15) is 30.5 Å². The van der Waals surface area contributed by atoms with Crippen LogP contribution in [0.2, 0.25) is 0 Å². The molecule has 0 heteroatoms. The van der Waals surface area contributed by atoms with Gasteiger partial charge in [-0.15, -0.1) is 0 Å². The molecular formula is C19H20. The molecule has 0 nitrogen and oxygen atoms in total. The van der Waals surface area contributed by atoms with Gasteiger partial charge in [-0.2, -0.15) is 0 Å². The minimum absolute atomic E-state index is 1.11. The van der Waals surface area contributed by atoms with E-state index in [9.17, 15) is 0 Å². The van der Waals surface area contributed by atoms with Crippen molar-refractivity contribution >= 4 is 11.1 Å². The molecule has 0 bridgehead atoms. The van der Waals surface area contributed by atoms with Crippen molar-refractivity contribution < 1.29 is 0 Å². The van der Waals surface area contributed by atoms with Gasteiger partial charge in [0.25, 0.3) is 0 Å². The summed E-state index contributed by atoms with van der Waals surface area (Å²) in [6.45, 7) is 10.7. The molecule has 0 saturated heterocycles. The minimum Gasteiger partial charge on any atom is -0.0909 e. The van der Waals surface area contributed by atoms with E-state index in [1.807, 2.05) is 6.07 Å². The van der Waals surface area contributed by atoms with Gasteiger partial charge in [-0.25, -0.2) is 0 Å². The zero-order valence-corrected chi connectivity index (χ0v) is 11.9. The number of hydrogen-bond acceptors (Lipinski definition) is 0. The Morgan fingerprint density at radius 3 is 2.05 bits per heavy atom. The second-order valence-electron chi connectivity index (χ2n) is 4.91.